The molecule has 0 amide bonds. The smallest absolute Gasteiger partial charge is 0.269 e. The fraction of sp³-hybridized carbons (Fsp3) is 0.167. The number of allylic oxidation sites excluding steroid dienone is 1. The number of fused-ring (bicyclic) bond motifs is 2. The van der Waals surface area contributed by atoms with Crippen LogP contribution < -0.4 is 36.6 Å². The third-order valence-corrected chi connectivity index (χ3v) is 8.97. The third kappa shape index (κ3) is 4.22. The van der Waals surface area contributed by atoms with Crippen molar-refractivity contribution in [2.45, 2.75) is 18.4 Å². The number of rotatable bonds is 3. The van der Waals surface area contributed by atoms with E-state index in [0.29, 0.717) is 21.3 Å². The second kappa shape index (κ2) is 9.65. The molecule has 4 nitrogen and oxygen atoms in total. The molecular weight excluding hydrogens is 516 g/mol. The van der Waals surface area contributed by atoms with Crippen molar-refractivity contribution in [3.63, 3.8) is 0 Å². The Morgan fingerprint density at radius 1 is 1.09 bits per heavy atom. The maximum atomic E-state index is 13.7. The molecule has 0 saturated heterocycles. The van der Waals surface area contributed by atoms with Gasteiger partial charge in [-0.2, -0.15) is 4.57 Å². The first-order valence-electron chi connectivity index (χ1n) is 10.3. The molecule has 0 atom stereocenters. The summed E-state index contributed by atoms with van der Waals surface area (Å²) in [5, 5.41) is 1.86. The summed E-state index contributed by atoms with van der Waals surface area (Å²) in [5.41, 5.74) is 1.72. The van der Waals surface area contributed by atoms with Gasteiger partial charge in [0.25, 0.3) is 10.6 Å². The number of halogens is 3. The van der Waals surface area contributed by atoms with Crippen LogP contribution in [0.2, 0.25) is 0 Å². The zero-order valence-corrected chi connectivity index (χ0v) is 21.7. The molecule has 0 bridgehead atoms. The monoisotopic (exact) mass is 535 g/mol. The Labute approximate surface area is 213 Å². The molecule has 4 aromatic rings. The molecule has 0 fully saturated rings. The molecule has 0 saturated carbocycles. The van der Waals surface area contributed by atoms with Gasteiger partial charge in [-0.3, -0.25) is 9.36 Å². The SMILES string of the molecule is CCn1c(=O)/c(=C/C=C2\Sc3ccccc3N2C)s/c1=C\c1sc2cc(F)c(F)cc2[n+]1C.[Cl-]. The molecule has 1 aliphatic rings. The summed E-state index contributed by atoms with van der Waals surface area (Å²) < 4.78 is 33.0. The Bertz CT molecular complexity index is 1620. The highest BCUT2D eigenvalue weighted by atomic mass is 35.5. The third-order valence-electron chi connectivity index (χ3n) is 5.56. The van der Waals surface area contributed by atoms with Gasteiger partial charge in [-0.05, 0) is 31.2 Å². The highest BCUT2D eigenvalue weighted by molar-refractivity contribution is 8.03. The van der Waals surface area contributed by atoms with E-state index in [0.717, 1.165) is 20.4 Å². The standard InChI is InChI=1S/C24H20F2N3OS3.ClH/c1-4-29-23(13-22-28(3)17-11-14(25)15(26)12-20(17)33-22)32-19(24(29)30)9-10-21-27(2)16-7-5-6-8-18(16)31-21;/h5-13H,4H2,1-3H3;1H/q+1;/p-1/b19-9-,21-10-;. The van der Waals surface area contributed by atoms with Crippen molar-refractivity contribution in [1.82, 2.24) is 4.57 Å². The summed E-state index contributed by atoms with van der Waals surface area (Å²) in [6.45, 7) is 2.46. The molecule has 0 N–H and O–H groups in total. The largest absolute Gasteiger partial charge is 1.00 e. The van der Waals surface area contributed by atoms with Gasteiger partial charge in [-0.25, -0.2) is 8.78 Å². The van der Waals surface area contributed by atoms with Gasteiger partial charge in [-0.15, -0.1) is 11.3 Å². The van der Waals surface area contributed by atoms with E-state index in [4.69, 9.17) is 0 Å². The van der Waals surface area contributed by atoms with Crippen molar-refractivity contribution in [1.29, 1.82) is 0 Å². The summed E-state index contributed by atoms with van der Waals surface area (Å²) in [5.74, 6) is -1.73. The molecule has 0 unspecified atom stereocenters. The highest BCUT2D eigenvalue weighted by Crippen LogP contribution is 2.44. The lowest BCUT2D eigenvalue weighted by Gasteiger charge is -2.12. The number of nitrogens with zero attached hydrogens (tertiary/aromatic N) is 3. The number of hydrogen-bond acceptors (Lipinski definition) is 5. The van der Waals surface area contributed by atoms with Gasteiger partial charge in [0.1, 0.15) is 16.4 Å². The predicted octanol–water partition coefficient (Wildman–Crippen LogP) is 0.944. The lowest BCUT2D eigenvalue weighted by molar-refractivity contribution is -0.642. The molecule has 176 valence electrons. The maximum absolute atomic E-state index is 13.7. The first-order chi connectivity index (χ1) is 15.9. The van der Waals surface area contributed by atoms with E-state index in [1.807, 2.05) is 55.9 Å². The number of thioether (sulfide) groups is 1. The number of para-hydroxylation sites is 1. The number of thiazole rings is 2. The van der Waals surface area contributed by atoms with Crippen LogP contribution in [0.1, 0.15) is 11.9 Å². The zero-order chi connectivity index (χ0) is 23.3. The predicted molar refractivity (Wildman–Crippen MR) is 133 cm³/mol. The second-order valence-electron chi connectivity index (χ2n) is 7.53. The molecule has 1 aliphatic heterocycles. The van der Waals surface area contributed by atoms with Gasteiger partial charge in [0.15, 0.2) is 11.6 Å². The maximum Gasteiger partial charge on any atom is 0.269 e. The van der Waals surface area contributed by atoms with E-state index in [9.17, 15) is 13.6 Å². The van der Waals surface area contributed by atoms with Crippen molar-refractivity contribution in [3.05, 3.63) is 83.7 Å². The van der Waals surface area contributed by atoms with E-state index < -0.39 is 11.6 Å². The molecule has 10 heteroatoms. The van der Waals surface area contributed by atoms with Gasteiger partial charge >= 0.3 is 0 Å². The first-order valence-corrected chi connectivity index (χ1v) is 12.7. The lowest BCUT2D eigenvalue weighted by Crippen LogP contribution is -3.00. The zero-order valence-electron chi connectivity index (χ0n) is 18.5. The average molecular weight is 536 g/mol. The van der Waals surface area contributed by atoms with E-state index in [1.165, 1.54) is 39.7 Å². The van der Waals surface area contributed by atoms with Gasteiger partial charge in [0, 0.05) is 24.6 Å². The number of benzene rings is 2. The van der Waals surface area contributed by atoms with Crippen LogP contribution in [0.5, 0.6) is 0 Å². The Hall–Kier alpha value is -2.46. The van der Waals surface area contributed by atoms with E-state index in [-0.39, 0.29) is 18.0 Å². The topological polar surface area (TPSA) is 29.1 Å². The minimum absolute atomic E-state index is 0. The minimum atomic E-state index is -0.870. The van der Waals surface area contributed by atoms with Crippen molar-refractivity contribution in [2.24, 2.45) is 7.05 Å². The van der Waals surface area contributed by atoms with Gasteiger partial charge in [0.2, 0.25) is 5.52 Å². The van der Waals surface area contributed by atoms with Gasteiger partial charge in [0.05, 0.1) is 27.4 Å². The van der Waals surface area contributed by atoms with Crippen LogP contribution in [0, 0.1) is 11.6 Å². The van der Waals surface area contributed by atoms with Crippen LogP contribution in [-0.2, 0) is 13.6 Å². The molecule has 2 aromatic heterocycles. The average Bonchev–Trinajstić information content (AvgIpc) is 3.39. The van der Waals surface area contributed by atoms with Crippen molar-refractivity contribution >= 4 is 62.5 Å². The summed E-state index contributed by atoms with van der Waals surface area (Å²) >= 11 is 4.45. The Kier molecular flexibility index (Phi) is 7.00. The molecule has 0 spiro atoms. The molecular formula is C24H20ClF2N3OS3. The molecule has 5 rings (SSSR count). The van der Waals surface area contributed by atoms with Crippen LogP contribution >= 0.6 is 34.4 Å². The van der Waals surface area contributed by atoms with E-state index >= 15 is 0 Å². The number of anilines is 1. The number of aromatic nitrogens is 2. The molecule has 3 heterocycles. The first kappa shape index (κ1) is 24.7. The van der Waals surface area contributed by atoms with Crippen LogP contribution in [0.25, 0.3) is 22.4 Å². The molecule has 2 aromatic carbocycles. The molecule has 0 aliphatic carbocycles. The van der Waals surface area contributed by atoms with Gasteiger partial charge < -0.3 is 17.3 Å². The van der Waals surface area contributed by atoms with Crippen molar-refractivity contribution < 1.29 is 25.8 Å². The van der Waals surface area contributed by atoms with Crippen LogP contribution in [0.15, 0.2) is 57.2 Å². The fourth-order valence-electron chi connectivity index (χ4n) is 3.76. The summed E-state index contributed by atoms with van der Waals surface area (Å²) in [4.78, 5) is 16.3. The van der Waals surface area contributed by atoms with E-state index in [2.05, 4.69) is 17.0 Å². The quantitative estimate of drug-likeness (QED) is 0.366. The Morgan fingerprint density at radius 3 is 2.56 bits per heavy atom. The lowest BCUT2D eigenvalue weighted by atomic mass is 10.3. The fourth-order valence-corrected chi connectivity index (χ4v) is 7.04. The second-order valence-corrected chi connectivity index (χ2v) is 10.7. The van der Waals surface area contributed by atoms with Gasteiger partial charge in [-0.1, -0.05) is 35.2 Å². The van der Waals surface area contributed by atoms with Crippen LogP contribution in [-0.4, -0.2) is 11.6 Å². The molecule has 0 radical (unpaired) electrons. The van der Waals surface area contributed by atoms with E-state index in [1.54, 1.807) is 16.3 Å². The Balaban J connectivity index is 0.00000274. The summed E-state index contributed by atoms with van der Waals surface area (Å²) in [6, 6.07) is 10.6. The summed E-state index contributed by atoms with van der Waals surface area (Å²) in [6.07, 6.45) is 5.76. The van der Waals surface area contributed by atoms with Crippen molar-refractivity contribution in [2.75, 3.05) is 11.9 Å². The number of hydrogen-bond donors (Lipinski definition) is 0. The summed E-state index contributed by atoms with van der Waals surface area (Å²) in [7, 11) is 3.83. The van der Waals surface area contributed by atoms with Crippen molar-refractivity contribution in [3.8, 4) is 0 Å². The molecule has 34 heavy (non-hydrogen) atoms. The minimum Gasteiger partial charge on any atom is -1.00 e. The van der Waals surface area contributed by atoms with Crippen LogP contribution in [0.4, 0.5) is 14.5 Å². The van der Waals surface area contributed by atoms with Crippen LogP contribution in [0.3, 0.4) is 0 Å². The number of aryl methyl sites for hydroxylation is 1. The Morgan fingerprint density at radius 2 is 1.82 bits per heavy atom. The normalized spacial score (nSPS) is 15.4. The highest BCUT2D eigenvalue weighted by Gasteiger charge is 2.21.